The summed E-state index contributed by atoms with van der Waals surface area (Å²) in [6.07, 6.45) is 2.37. The summed E-state index contributed by atoms with van der Waals surface area (Å²) in [5, 5.41) is 0.952. The zero-order chi connectivity index (χ0) is 7.61. The van der Waals surface area contributed by atoms with E-state index in [1.54, 1.807) is 0 Å². The van der Waals surface area contributed by atoms with Crippen molar-refractivity contribution in [2.45, 2.75) is 19.8 Å². The molecule has 0 N–H and O–H groups in total. The topological polar surface area (TPSA) is 26.3 Å². The van der Waals surface area contributed by atoms with E-state index in [2.05, 4.69) is 15.9 Å². The Kier molecular flexibility index (Phi) is 2.34. The first-order valence-electron chi connectivity index (χ1n) is 3.38. The van der Waals surface area contributed by atoms with Gasteiger partial charge in [0, 0.05) is 17.7 Å². The van der Waals surface area contributed by atoms with Gasteiger partial charge in [-0.25, -0.2) is 0 Å². The lowest BCUT2D eigenvalue weighted by Gasteiger charge is -2.09. The van der Waals surface area contributed by atoms with E-state index >= 15 is 0 Å². The summed E-state index contributed by atoms with van der Waals surface area (Å²) in [5.41, 5.74) is 0.297. The van der Waals surface area contributed by atoms with Crippen LogP contribution in [0.15, 0.2) is 0 Å². The van der Waals surface area contributed by atoms with Crippen molar-refractivity contribution in [2.24, 2.45) is 5.41 Å². The van der Waals surface area contributed by atoms with Crippen molar-refractivity contribution in [3.8, 4) is 0 Å². The average molecular weight is 207 g/mol. The van der Waals surface area contributed by atoms with Crippen molar-refractivity contribution in [3.05, 3.63) is 0 Å². The molecule has 0 heterocycles. The fraction of sp³-hybridized carbons (Fsp3) is 0.857. The van der Waals surface area contributed by atoms with Gasteiger partial charge >= 0.3 is 5.97 Å². The van der Waals surface area contributed by atoms with Gasteiger partial charge in [0.25, 0.3) is 0 Å². The van der Waals surface area contributed by atoms with E-state index in [4.69, 9.17) is 4.74 Å². The predicted molar refractivity (Wildman–Crippen MR) is 42.1 cm³/mol. The number of ether oxygens (including phenoxy) is 1. The standard InChI is InChI=1S/C7H11BrO2/c1-6(9)10-5-7(4-8)2-3-7/h2-5H2,1H3. The molecule has 1 fully saturated rings. The summed E-state index contributed by atoms with van der Waals surface area (Å²) in [6.45, 7) is 2.04. The SMILES string of the molecule is CC(=O)OCC1(CBr)CC1. The van der Waals surface area contributed by atoms with Gasteiger partial charge in [-0.15, -0.1) is 0 Å². The molecule has 0 aliphatic heterocycles. The van der Waals surface area contributed by atoms with Gasteiger partial charge in [0.1, 0.15) is 0 Å². The molecule has 0 spiro atoms. The predicted octanol–water partition coefficient (Wildman–Crippen LogP) is 1.72. The third-order valence-corrected chi connectivity index (χ3v) is 3.01. The molecule has 0 saturated heterocycles. The molecule has 10 heavy (non-hydrogen) atoms. The summed E-state index contributed by atoms with van der Waals surface area (Å²) in [4.78, 5) is 10.4. The second-order valence-corrected chi connectivity index (χ2v) is 3.47. The largest absolute Gasteiger partial charge is 0.465 e. The Morgan fingerprint density at radius 3 is 2.60 bits per heavy atom. The van der Waals surface area contributed by atoms with Crippen LogP contribution in [0.2, 0.25) is 0 Å². The lowest BCUT2D eigenvalue weighted by atomic mass is 10.2. The molecule has 1 saturated carbocycles. The van der Waals surface area contributed by atoms with Gasteiger partial charge in [-0.05, 0) is 12.8 Å². The number of carbonyl (C=O) groups is 1. The lowest BCUT2D eigenvalue weighted by molar-refractivity contribution is -0.142. The molecule has 3 heteroatoms. The minimum atomic E-state index is -0.174. The quantitative estimate of drug-likeness (QED) is 0.520. The molecule has 58 valence electrons. The van der Waals surface area contributed by atoms with E-state index < -0.39 is 0 Å². The number of esters is 1. The number of hydrogen-bond acceptors (Lipinski definition) is 2. The average Bonchev–Trinajstić information content (AvgIpc) is 2.64. The van der Waals surface area contributed by atoms with Crippen molar-refractivity contribution >= 4 is 21.9 Å². The maximum Gasteiger partial charge on any atom is 0.302 e. The van der Waals surface area contributed by atoms with Crippen LogP contribution in [0.25, 0.3) is 0 Å². The zero-order valence-corrected chi connectivity index (χ0v) is 7.61. The Balaban J connectivity index is 2.19. The first kappa shape index (κ1) is 8.05. The highest BCUT2D eigenvalue weighted by atomic mass is 79.9. The molecule has 1 aliphatic rings. The second-order valence-electron chi connectivity index (χ2n) is 2.91. The summed E-state index contributed by atoms with van der Waals surface area (Å²) >= 11 is 3.39. The van der Waals surface area contributed by atoms with Crippen LogP contribution in [0.4, 0.5) is 0 Å². The highest BCUT2D eigenvalue weighted by molar-refractivity contribution is 9.09. The number of rotatable bonds is 3. The number of alkyl halides is 1. The molecule has 1 aliphatic carbocycles. The van der Waals surface area contributed by atoms with Crippen LogP contribution in [0.1, 0.15) is 19.8 Å². The minimum Gasteiger partial charge on any atom is -0.465 e. The third kappa shape index (κ3) is 1.97. The van der Waals surface area contributed by atoms with Gasteiger partial charge in [-0.3, -0.25) is 4.79 Å². The van der Waals surface area contributed by atoms with Gasteiger partial charge in [-0.2, -0.15) is 0 Å². The fourth-order valence-electron chi connectivity index (χ4n) is 0.748. The summed E-state index contributed by atoms with van der Waals surface area (Å²) < 4.78 is 4.89. The highest BCUT2D eigenvalue weighted by Gasteiger charge is 2.42. The van der Waals surface area contributed by atoms with Crippen LogP contribution < -0.4 is 0 Å². The van der Waals surface area contributed by atoms with Crippen molar-refractivity contribution in [3.63, 3.8) is 0 Å². The molecule has 0 unspecified atom stereocenters. The molecule has 0 bridgehead atoms. The number of carbonyl (C=O) groups excluding carboxylic acids is 1. The normalized spacial score (nSPS) is 20.2. The molecule has 0 amide bonds. The second kappa shape index (κ2) is 2.91. The lowest BCUT2D eigenvalue weighted by Crippen LogP contribution is -2.14. The molecular formula is C7H11BrO2. The molecule has 1 rings (SSSR count). The Morgan fingerprint density at radius 1 is 1.70 bits per heavy atom. The molecule has 0 atom stereocenters. The van der Waals surface area contributed by atoms with Crippen LogP contribution in [0, 0.1) is 5.41 Å². The highest BCUT2D eigenvalue weighted by Crippen LogP contribution is 2.47. The monoisotopic (exact) mass is 206 g/mol. The van der Waals surface area contributed by atoms with Crippen LogP contribution >= 0.6 is 15.9 Å². The van der Waals surface area contributed by atoms with Crippen LogP contribution in [-0.2, 0) is 9.53 Å². The Morgan fingerprint density at radius 2 is 2.30 bits per heavy atom. The van der Waals surface area contributed by atoms with Crippen LogP contribution in [-0.4, -0.2) is 17.9 Å². The van der Waals surface area contributed by atoms with Gasteiger partial charge < -0.3 is 4.74 Å². The van der Waals surface area contributed by atoms with Crippen LogP contribution in [0.3, 0.4) is 0 Å². The molecule has 0 aromatic heterocycles. The molecule has 0 radical (unpaired) electrons. The van der Waals surface area contributed by atoms with Crippen molar-refractivity contribution in [1.29, 1.82) is 0 Å². The van der Waals surface area contributed by atoms with Gasteiger partial charge in [0.2, 0.25) is 0 Å². The smallest absolute Gasteiger partial charge is 0.302 e. The maximum absolute atomic E-state index is 10.4. The third-order valence-electron chi connectivity index (χ3n) is 1.82. The molecule has 0 aromatic rings. The zero-order valence-electron chi connectivity index (χ0n) is 6.02. The number of hydrogen-bond donors (Lipinski definition) is 0. The minimum absolute atomic E-state index is 0.174. The fourth-order valence-corrected chi connectivity index (χ4v) is 1.47. The van der Waals surface area contributed by atoms with Gasteiger partial charge in [0.05, 0.1) is 6.61 Å². The van der Waals surface area contributed by atoms with Crippen molar-refractivity contribution < 1.29 is 9.53 Å². The first-order valence-corrected chi connectivity index (χ1v) is 4.50. The van der Waals surface area contributed by atoms with E-state index in [9.17, 15) is 4.79 Å². The van der Waals surface area contributed by atoms with Crippen molar-refractivity contribution in [1.82, 2.24) is 0 Å². The van der Waals surface area contributed by atoms with E-state index in [0.717, 1.165) is 5.33 Å². The maximum atomic E-state index is 10.4. The van der Waals surface area contributed by atoms with Gasteiger partial charge in [-0.1, -0.05) is 15.9 Å². The first-order chi connectivity index (χ1) is 4.68. The molecular weight excluding hydrogens is 196 g/mol. The van der Waals surface area contributed by atoms with E-state index in [0.29, 0.717) is 12.0 Å². The van der Waals surface area contributed by atoms with E-state index in [1.165, 1.54) is 19.8 Å². The van der Waals surface area contributed by atoms with Crippen molar-refractivity contribution in [2.75, 3.05) is 11.9 Å². The van der Waals surface area contributed by atoms with Gasteiger partial charge in [0.15, 0.2) is 0 Å². The Labute approximate surface area is 69.1 Å². The van der Waals surface area contributed by atoms with Crippen LogP contribution in [0.5, 0.6) is 0 Å². The molecule has 0 aromatic carbocycles. The number of halogens is 1. The van der Waals surface area contributed by atoms with E-state index in [1.807, 2.05) is 0 Å². The summed E-state index contributed by atoms with van der Waals surface area (Å²) in [5.74, 6) is -0.174. The van der Waals surface area contributed by atoms with E-state index in [-0.39, 0.29) is 5.97 Å². The summed E-state index contributed by atoms with van der Waals surface area (Å²) in [7, 11) is 0. The summed E-state index contributed by atoms with van der Waals surface area (Å²) in [6, 6.07) is 0. The Hall–Kier alpha value is -0.0500. The molecule has 2 nitrogen and oxygen atoms in total. The Bertz CT molecular complexity index is 141.